The van der Waals surface area contributed by atoms with E-state index in [0.717, 1.165) is 23.5 Å². The molecule has 0 fully saturated rings. The van der Waals surface area contributed by atoms with Gasteiger partial charge in [-0.1, -0.05) is 19.1 Å². The summed E-state index contributed by atoms with van der Waals surface area (Å²) in [5.41, 5.74) is 5.25. The molecule has 3 N–H and O–H groups in total. The van der Waals surface area contributed by atoms with Gasteiger partial charge in [-0.25, -0.2) is 4.98 Å². The average molecular weight is 343 g/mol. The average Bonchev–Trinajstić information content (AvgIpc) is 3.01. The molecule has 0 spiro atoms. The molecule has 2 aromatic rings. The molecule has 0 saturated carbocycles. The lowest BCUT2D eigenvalue weighted by atomic mass is 10.1. The Morgan fingerprint density at radius 3 is 2.83 bits per heavy atom. The van der Waals surface area contributed by atoms with Crippen LogP contribution in [0.15, 0.2) is 29.6 Å². The van der Waals surface area contributed by atoms with Crippen LogP contribution in [-0.2, 0) is 6.18 Å². The number of rotatable bonds is 5. The van der Waals surface area contributed by atoms with Crippen LogP contribution < -0.4 is 11.1 Å². The van der Waals surface area contributed by atoms with Crippen molar-refractivity contribution in [1.29, 1.82) is 0 Å². The smallest absolute Gasteiger partial charge is 0.350 e. The topological polar surface area (TPSA) is 68.0 Å². The highest BCUT2D eigenvalue weighted by molar-refractivity contribution is 7.13. The van der Waals surface area contributed by atoms with Crippen molar-refractivity contribution in [3.8, 4) is 10.6 Å². The molecule has 0 aliphatic rings. The summed E-state index contributed by atoms with van der Waals surface area (Å²) < 4.78 is 38.2. The maximum absolute atomic E-state index is 12.7. The van der Waals surface area contributed by atoms with Crippen LogP contribution in [0.1, 0.15) is 23.0 Å². The van der Waals surface area contributed by atoms with Crippen molar-refractivity contribution in [2.75, 3.05) is 13.1 Å². The van der Waals surface area contributed by atoms with Crippen LogP contribution in [0.4, 0.5) is 13.2 Å². The molecule has 2 rings (SSSR count). The first kappa shape index (κ1) is 17.4. The van der Waals surface area contributed by atoms with Gasteiger partial charge in [0.2, 0.25) is 0 Å². The van der Waals surface area contributed by atoms with E-state index in [1.54, 1.807) is 0 Å². The first-order valence-electron chi connectivity index (χ1n) is 6.92. The zero-order chi connectivity index (χ0) is 17.0. The molecular formula is C15H16F3N3OS. The van der Waals surface area contributed by atoms with E-state index >= 15 is 0 Å². The van der Waals surface area contributed by atoms with Gasteiger partial charge in [-0.15, -0.1) is 11.3 Å². The second-order valence-electron chi connectivity index (χ2n) is 5.17. The molecule has 0 aliphatic carbocycles. The summed E-state index contributed by atoms with van der Waals surface area (Å²) in [5, 5.41) is 4.59. The highest BCUT2D eigenvalue weighted by Gasteiger charge is 2.30. The van der Waals surface area contributed by atoms with Crippen LogP contribution in [-0.4, -0.2) is 24.0 Å². The van der Waals surface area contributed by atoms with Crippen LogP contribution in [0.25, 0.3) is 10.6 Å². The van der Waals surface area contributed by atoms with Gasteiger partial charge in [0.05, 0.1) is 5.56 Å². The maximum Gasteiger partial charge on any atom is 0.416 e. The zero-order valence-corrected chi connectivity index (χ0v) is 13.2. The monoisotopic (exact) mass is 343 g/mol. The molecule has 1 aromatic heterocycles. The molecule has 4 nitrogen and oxygen atoms in total. The van der Waals surface area contributed by atoms with Crippen molar-refractivity contribution in [2.24, 2.45) is 11.7 Å². The molecular weight excluding hydrogens is 327 g/mol. The van der Waals surface area contributed by atoms with Crippen LogP contribution >= 0.6 is 11.3 Å². The summed E-state index contributed by atoms with van der Waals surface area (Å²) in [7, 11) is 0. The van der Waals surface area contributed by atoms with Crippen LogP contribution in [0.3, 0.4) is 0 Å². The molecule has 0 aliphatic heterocycles. The zero-order valence-electron chi connectivity index (χ0n) is 12.4. The Bertz CT molecular complexity index is 685. The highest BCUT2D eigenvalue weighted by atomic mass is 32.1. The summed E-state index contributed by atoms with van der Waals surface area (Å²) in [4.78, 5) is 16.1. The minimum atomic E-state index is -4.41. The number of amides is 1. The van der Waals surface area contributed by atoms with E-state index in [1.807, 2.05) is 6.92 Å². The standard InChI is InChI=1S/C15H16F3N3OS/c1-9(6-19)7-20-13(22)12-8-23-14(21-12)10-3-2-4-11(5-10)15(16,17)18/h2-5,8-9H,6-7,19H2,1H3,(H,20,22). The second-order valence-corrected chi connectivity index (χ2v) is 6.03. The Morgan fingerprint density at radius 2 is 2.17 bits per heavy atom. The Kier molecular flexibility index (Phi) is 5.38. The fraction of sp³-hybridized carbons (Fsp3) is 0.333. The molecule has 0 radical (unpaired) electrons. The minimum absolute atomic E-state index is 0.139. The molecule has 8 heteroatoms. The van der Waals surface area contributed by atoms with Gasteiger partial charge in [0, 0.05) is 17.5 Å². The van der Waals surface area contributed by atoms with Crippen molar-refractivity contribution in [3.05, 3.63) is 40.9 Å². The highest BCUT2D eigenvalue weighted by Crippen LogP contribution is 2.33. The fourth-order valence-electron chi connectivity index (χ4n) is 1.78. The van der Waals surface area contributed by atoms with Gasteiger partial charge in [-0.05, 0) is 24.6 Å². The van der Waals surface area contributed by atoms with E-state index in [9.17, 15) is 18.0 Å². The van der Waals surface area contributed by atoms with E-state index in [-0.39, 0.29) is 17.5 Å². The predicted molar refractivity (Wildman–Crippen MR) is 83.1 cm³/mol. The molecule has 23 heavy (non-hydrogen) atoms. The number of carbonyl (C=O) groups is 1. The summed E-state index contributed by atoms with van der Waals surface area (Å²) >= 11 is 1.13. The number of nitrogens with two attached hydrogens (primary N) is 1. The molecule has 1 unspecified atom stereocenters. The minimum Gasteiger partial charge on any atom is -0.350 e. The molecule has 124 valence electrons. The van der Waals surface area contributed by atoms with E-state index in [1.165, 1.54) is 17.5 Å². The van der Waals surface area contributed by atoms with Crippen molar-refractivity contribution in [1.82, 2.24) is 10.3 Å². The van der Waals surface area contributed by atoms with Crippen molar-refractivity contribution >= 4 is 17.2 Å². The van der Waals surface area contributed by atoms with Crippen LogP contribution in [0, 0.1) is 5.92 Å². The van der Waals surface area contributed by atoms with Crippen LogP contribution in [0.2, 0.25) is 0 Å². The number of hydrogen-bond acceptors (Lipinski definition) is 4. The normalized spacial score (nSPS) is 12.9. The first-order valence-corrected chi connectivity index (χ1v) is 7.80. The summed E-state index contributed by atoms with van der Waals surface area (Å²) in [6.07, 6.45) is -4.41. The van der Waals surface area contributed by atoms with Gasteiger partial charge in [-0.2, -0.15) is 13.2 Å². The lowest BCUT2D eigenvalue weighted by molar-refractivity contribution is -0.137. The van der Waals surface area contributed by atoms with Crippen molar-refractivity contribution < 1.29 is 18.0 Å². The summed E-state index contributed by atoms with van der Waals surface area (Å²) in [5.74, 6) is -0.222. The number of benzene rings is 1. The third-order valence-electron chi connectivity index (χ3n) is 3.19. The molecule has 0 bridgehead atoms. The largest absolute Gasteiger partial charge is 0.416 e. The molecule has 1 aromatic carbocycles. The molecule has 0 saturated heterocycles. The van der Waals surface area contributed by atoms with Crippen LogP contribution in [0.5, 0.6) is 0 Å². The van der Waals surface area contributed by atoms with E-state index in [4.69, 9.17) is 5.73 Å². The van der Waals surface area contributed by atoms with Gasteiger partial charge < -0.3 is 11.1 Å². The van der Waals surface area contributed by atoms with E-state index in [0.29, 0.717) is 23.7 Å². The number of halogens is 3. The Hall–Kier alpha value is -1.93. The van der Waals surface area contributed by atoms with Gasteiger partial charge in [0.15, 0.2) is 0 Å². The SMILES string of the molecule is CC(CN)CNC(=O)c1csc(-c2cccc(C(F)(F)F)c2)n1. The molecule has 1 atom stereocenters. The Morgan fingerprint density at radius 1 is 1.43 bits per heavy atom. The van der Waals surface area contributed by atoms with Crippen molar-refractivity contribution in [2.45, 2.75) is 13.1 Å². The predicted octanol–water partition coefficient (Wildman–Crippen LogP) is 3.15. The van der Waals surface area contributed by atoms with Gasteiger partial charge in [0.1, 0.15) is 10.7 Å². The summed E-state index contributed by atoms with van der Waals surface area (Å²) in [6, 6.07) is 4.88. The summed E-state index contributed by atoms with van der Waals surface area (Å²) in [6.45, 7) is 2.77. The number of nitrogens with one attached hydrogen (secondary N) is 1. The number of carbonyl (C=O) groups excluding carboxylic acids is 1. The molecule has 1 heterocycles. The maximum atomic E-state index is 12.7. The number of alkyl halides is 3. The quantitative estimate of drug-likeness (QED) is 0.876. The van der Waals surface area contributed by atoms with E-state index in [2.05, 4.69) is 10.3 Å². The number of thiazole rings is 1. The van der Waals surface area contributed by atoms with Crippen molar-refractivity contribution in [3.63, 3.8) is 0 Å². The lowest BCUT2D eigenvalue weighted by Gasteiger charge is -2.08. The number of hydrogen-bond donors (Lipinski definition) is 2. The number of aromatic nitrogens is 1. The van der Waals surface area contributed by atoms with Gasteiger partial charge in [-0.3, -0.25) is 4.79 Å². The van der Waals surface area contributed by atoms with Gasteiger partial charge >= 0.3 is 6.18 Å². The Balaban J connectivity index is 2.15. The van der Waals surface area contributed by atoms with Gasteiger partial charge in [0.25, 0.3) is 5.91 Å². The lowest BCUT2D eigenvalue weighted by Crippen LogP contribution is -2.31. The molecule has 1 amide bonds. The third-order valence-corrected chi connectivity index (χ3v) is 4.08. The van der Waals surface area contributed by atoms with E-state index < -0.39 is 11.7 Å². The first-order chi connectivity index (χ1) is 10.8. The Labute approximate surface area is 135 Å². The fourth-order valence-corrected chi connectivity index (χ4v) is 2.58. The third kappa shape index (κ3) is 4.52. The number of nitrogens with zero attached hydrogens (tertiary/aromatic N) is 1. The second kappa shape index (κ2) is 7.10.